The molecule has 1 unspecified atom stereocenters. The summed E-state index contributed by atoms with van der Waals surface area (Å²) in [5.74, 6) is 0.734. The molecular weight excluding hydrogens is 280 g/mol. The predicted molar refractivity (Wildman–Crippen MR) is 86.6 cm³/mol. The lowest BCUT2D eigenvalue weighted by molar-refractivity contribution is 0.368. The Hall–Kier alpha value is -1.83. The van der Waals surface area contributed by atoms with E-state index in [-0.39, 0.29) is 6.61 Å². The van der Waals surface area contributed by atoms with Crippen LogP contribution < -0.4 is 10.1 Å². The molecule has 1 atom stereocenters. The highest BCUT2D eigenvalue weighted by atomic mass is 32.1. The molecule has 1 aromatic heterocycles. The van der Waals surface area contributed by atoms with Gasteiger partial charge in [0, 0.05) is 22.3 Å². The largest absolute Gasteiger partial charge is 0.479 e. The zero-order valence-corrected chi connectivity index (χ0v) is 13.5. The highest BCUT2D eigenvalue weighted by Crippen LogP contribution is 2.26. The van der Waals surface area contributed by atoms with Crippen LogP contribution in [-0.4, -0.2) is 6.61 Å². The van der Waals surface area contributed by atoms with Gasteiger partial charge in [-0.3, -0.25) is 0 Å². The Bertz CT molecular complexity index is 625. The van der Waals surface area contributed by atoms with Gasteiger partial charge in [0.05, 0.1) is 0 Å². The molecule has 0 amide bonds. The Morgan fingerprint density at radius 3 is 2.57 bits per heavy atom. The quantitative estimate of drug-likeness (QED) is 0.873. The molecule has 0 saturated carbocycles. The number of rotatable bonds is 6. The van der Waals surface area contributed by atoms with Gasteiger partial charge >= 0.3 is 0 Å². The second kappa shape index (κ2) is 7.26. The topological polar surface area (TPSA) is 45.0 Å². The summed E-state index contributed by atoms with van der Waals surface area (Å²) >= 11 is 1.85. The minimum Gasteiger partial charge on any atom is -0.479 e. The number of nitriles is 1. The summed E-state index contributed by atoms with van der Waals surface area (Å²) in [5.41, 5.74) is 2.59. The molecule has 2 rings (SSSR count). The predicted octanol–water partition coefficient (Wildman–Crippen LogP) is 4.12. The summed E-state index contributed by atoms with van der Waals surface area (Å²) in [6.45, 7) is 7.42. The number of hydrogen-bond acceptors (Lipinski definition) is 4. The molecular formula is C17H20N2OS. The van der Waals surface area contributed by atoms with Gasteiger partial charge in [0.2, 0.25) is 0 Å². The standard InChI is InChI=1S/C17H20N2OS/c1-12-10-17(14(3)21-12)13(2)19-11-15-4-6-16(7-5-15)20-9-8-18/h4-7,10,13,19H,9,11H2,1-3H3. The first-order chi connectivity index (χ1) is 10.1. The molecule has 0 bridgehead atoms. The number of nitrogens with one attached hydrogen (secondary N) is 1. The Balaban J connectivity index is 1.90. The third-order valence-corrected chi connectivity index (χ3v) is 4.37. The summed E-state index contributed by atoms with van der Waals surface area (Å²) in [6, 6.07) is 12.4. The van der Waals surface area contributed by atoms with E-state index in [1.165, 1.54) is 20.9 Å². The first-order valence-corrected chi connectivity index (χ1v) is 7.81. The molecule has 0 aliphatic heterocycles. The molecule has 4 heteroatoms. The van der Waals surface area contributed by atoms with Gasteiger partial charge in [-0.05, 0) is 50.1 Å². The first-order valence-electron chi connectivity index (χ1n) is 6.99. The van der Waals surface area contributed by atoms with E-state index < -0.39 is 0 Å². The molecule has 0 fully saturated rings. The number of thiophene rings is 1. The number of ether oxygens (including phenoxy) is 1. The van der Waals surface area contributed by atoms with E-state index in [1.807, 2.05) is 41.7 Å². The van der Waals surface area contributed by atoms with E-state index in [0.29, 0.717) is 6.04 Å². The maximum Gasteiger partial charge on any atom is 0.174 e. The van der Waals surface area contributed by atoms with Crippen molar-refractivity contribution in [1.82, 2.24) is 5.32 Å². The minimum absolute atomic E-state index is 0.0887. The van der Waals surface area contributed by atoms with Crippen LogP contribution in [0.1, 0.15) is 33.8 Å². The van der Waals surface area contributed by atoms with Crippen molar-refractivity contribution in [3.63, 3.8) is 0 Å². The third kappa shape index (κ3) is 4.32. The van der Waals surface area contributed by atoms with Gasteiger partial charge in [-0.15, -0.1) is 11.3 Å². The van der Waals surface area contributed by atoms with E-state index in [0.717, 1.165) is 12.3 Å². The third-order valence-electron chi connectivity index (χ3n) is 3.38. The second-order valence-electron chi connectivity index (χ2n) is 5.06. The van der Waals surface area contributed by atoms with E-state index in [9.17, 15) is 0 Å². The van der Waals surface area contributed by atoms with Crippen molar-refractivity contribution in [2.45, 2.75) is 33.4 Å². The summed E-state index contributed by atoms with van der Waals surface area (Å²) in [4.78, 5) is 2.74. The van der Waals surface area contributed by atoms with Gasteiger partial charge in [0.1, 0.15) is 11.8 Å². The lowest BCUT2D eigenvalue weighted by Crippen LogP contribution is -2.18. The normalized spacial score (nSPS) is 11.9. The molecule has 0 radical (unpaired) electrons. The number of hydrogen-bond donors (Lipinski definition) is 1. The zero-order chi connectivity index (χ0) is 15.2. The molecule has 0 aliphatic rings. The van der Waals surface area contributed by atoms with Crippen LogP contribution in [0, 0.1) is 25.2 Å². The summed E-state index contributed by atoms with van der Waals surface area (Å²) in [7, 11) is 0. The lowest BCUT2D eigenvalue weighted by atomic mass is 10.1. The van der Waals surface area contributed by atoms with Gasteiger partial charge in [-0.2, -0.15) is 5.26 Å². The van der Waals surface area contributed by atoms with Gasteiger partial charge in [-0.1, -0.05) is 12.1 Å². The van der Waals surface area contributed by atoms with Crippen molar-refractivity contribution in [1.29, 1.82) is 5.26 Å². The van der Waals surface area contributed by atoms with Crippen LogP contribution in [0.5, 0.6) is 5.75 Å². The molecule has 110 valence electrons. The van der Waals surface area contributed by atoms with Crippen LogP contribution in [0.3, 0.4) is 0 Å². The van der Waals surface area contributed by atoms with E-state index in [2.05, 4.69) is 32.2 Å². The minimum atomic E-state index is 0.0887. The SMILES string of the molecule is Cc1cc(C(C)NCc2ccc(OCC#N)cc2)c(C)s1. The van der Waals surface area contributed by atoms with Crippen LogP contribution in [0.25, 0.3) is 0 Å². The van der Waals surface area contributed by atoms with E-state index in [4.69, 9.17) is 10.00 Å². The van der Waals surface area contributed by atoms with Crippen molar-refractivity contribution in [3.05, 3.63) is 51.2 Å². The van der Waals surface area contributed by atoms with E-state index >= 15 is 0 Å². The molecule has 1 aromatic carbocycles. The van der Waals surface area contributed by atoms with Gasteiger partial charge in [-0.25, -0.2) is 0 Å². The van der Waals surface area contributed by atoms with Crippen molar-refractivity contribution in [2.75, 3.05) is 6.61 Å². The fourth-order valence-electron chi connectivity index (χ4n) is 2.28. The first kappa shape index (κ1) is 15.6. The molecule has 2 aromatic rings. The Morgan fingerprint density at radius 2 is 2.00 bits per heavy atom. The Kier molecular flexibility index (Phi) is 5.38. The molecule has 0 saturated heterocycles. The lowest BCUT2D eigenvalue weighted by Gasteiger charge is -2.14. The highest BCUT2D eigenvalue weighted by Gasteiger charge is 2.10. The molecule has 0 aliphatic carbocycles. The van der Waals surface area contributed by atoms with Crippen LogP contribution in [0.4, 0.5) is 0 Å². The fourth-order valence-corrected chi connectivity index (χ4v) is 3.30. The highest BCUT2D eigenvalue weighted by molar-refractivity contribution is 7.12. The molecule has 1 heterocycles. The monoisotopic (exact) mass is 300 g/mol. The number of nitrogens with zero attached hydrogens (tertiary/aromatic N) is 1. The summed E-state index contributed by atoms with van der Waals surface area (Å²) in [5, 5.41) is 12.0. The van der Waals surface area contributed by atoms with Crippen molar-refractivity contribution < 1.29 is 4.74 Å². The maximum atomic E-state index is 8.48. The summed E-state index contributed by atoms with van der Waals surface area (Å²) < 4.78 is 5.24. The Labute approximate surface area is 130 Å². The van der Waals surface area contributed by atoms with Crippen LogP contribution >= 0.6 is 11.3 Å². The smallest absolute Gasteiger partial charge is 0.174 e. The summed E-state index contributed by atoms with van der Waals surface area (Å²) in [6.07, 6.45) is 0. The van der Waals surface area contributed by atoms with Crippen molar-refractivity contribution in [2.24, 2.45) is 0 Å². The maximum absolute atomic E-state index is 8.48. The van der Waals surface area contributed by atoms with Gasteiger partial charge in [0.25, 0.3) is 0 Å². The second-order valence-corrected chi connectivity index (χ2v) is 6.52. The molecule has 1 N–H and O–H groups in total. The van der Waals surface area contributed by atoms with Gasteiger partial charge in [0.15, 0.2) is 6.61 Å². The molecule has 3 nitrogen and oxygen atoms in total. The molecule has 21 heavy (non-hydrogen) atoms. The number of benzene rings is 1. The van der Waals surface area contributed by atoms with Crippen molar-refractivity contribution >= 4 is 11.3 Å². The average molecular weight is 300 g/mol. The fraction of sp³-hybridized carbons (Fsp3) is 0.353. The average Bonchev–Trinajstić information content (AvgIpc) is 2.82. The van der Waals surface area contributed by atoms with Crippen molar-refractivity contribution in [3.8, 4) is 11.8 Å². The van der Waals surface area contributed by atoms with Crippen LogP contribution in [-0.2, 0) is 6.54 Å². The van der Waals surface area contributed by atoms with E-state index in [1.54, 1.807) is 0 Å². The van der Waals surface area contributed by atoms with Crippen LogP contribution in [0.2, 0.25) is 0 Å². The zero-order valence-electron chi connectivity index (χ0n) is 12.6. The van der Waals surface area contributed by atoms with Crippen LogP contribution in [0.15, 0.2) is 30.3 Å². The Morgan fingerprint density at radius 1 is 1.29 bits per heavy atom. The number of aryl methyl sites for hydroxylation is 2. The molecule has 0 spiro atoms. The van der Waals surface area contributed by atoms with Gasteiger partial charge < -0.3 is 10.1 Å².